The van der Waals surface area contributed by atoms with Crippen LogP contribution in [0.25, 0.3) is 22.6 Å². The summed E-state index contributed by atoms with van der Waals surface area (Å²) >= 11 is 0. The molecule has 4 aromatic rings. The van der Waals surface area contributed by atoms with Gasteiger partial charge >= 0.3 is 0 Å². The summed E-state index contributed by atoms with van der Waals surface area (Å²) in [5, 5.41) is 14.7. The Morgan fingerprint density at radius 1 is 0.958 bits per heavy atom. The first-order valence-corrected chi connectivity index (χ1v) is 7.59. The number of H-pyrrole nitrogens is 1. The minimum atomic E-state index is 0.641. The highest BCUT2D eigenvalue weighted by Gasteiger charge is 2.05. The van der Waals surface area contributed by atoms with Crippen LogP contribution in [-0.2, 0) is 6.54 Å². The monoisotopic (exact) mass is 317 g/mol. The van der Waals surface area contributed by atoms with Crippen LogP contribution in [0.1, 0.15) is 5.69 Å². The molecule has 2 N–H and O–H groups in total. The fourth-order valence-corrected chi connectivity index (χ4v) is 2.44. The van der Waals surface area contributed by atoms with E-state index in [1.807, 2.05) is 54.6 Å². The van der Waals surface area contributed by atoms with Crippen LogP contribution >= 0.6 is 0 Å². The van der Waals surface area contributed by atoms with Gasteiger partial charge in [0.25, 0.3) is 0 Å². The van der Waals surface area contributed by atoms with Gasteiger partial charge in [0.05, 0.1) is 17.9 Å². The Morgan fingerprint density at radius 3 is 2.79 bits per heavy atom. The first-order chi connectivity index (χ1) is 11.9. The molecule has 0 spiro atoms. The number of hydrogen-bond donors (Lipinski definition) is 2. The van der Waals surface area contributed by atoms with Crippen LogP contribution in [0.3, 0.4) is 0 Å². The van der Waals surface area contributed by atoms with E-state index >= 15 is 0 Å². The Hall–Kier alpha value is -3.41. The highest BCUT2D eigenvalue weighted by Crippen LogP contribution is 2.21. The van der Waals surface area contributed by atoms with Crippen molar-refractivity contribution in [2.75, 3.05) is 5.32 Å². The maximum atomic E-state index is 4.89. The van der Waals surface area contributed by atoms with Gasteiger partial charge in [0.15, 0.2) is 0 Å². The Kier molecular flexibility index (Phi) is 3.77. The molecule has 6 nitrogen and oxygen atoms in total. The molecule has 118 valence electrons. The van der Waals surface area contributed by atoms with Crippen molar-refractivity contribution < 1.29 is 4.52 Å². The van der Waals surface area contributed by atoms with Crippen LogP contribution in [-0.4, -0.2) is 20.3 Å². The number of pyridine rings is 1. The number of hydrogen-bond acceptors (Lipinski definition) is 5. The molecule has 0 aliphatic heterocycles. The van der Waals surface area contributed by atoms with E-state index in [0.29, 0.717) is 6.54 Å². The number of nitrogens with one attached hydrogen (secondary N) is 2. The molecular weight excluding hydrogens is 302 g/mol. The Morgan fingerprint density at radius 2 is 1.96 bits per heavy atom. The van der Waals surface area contributed by atoms with Crippen molar-refractivity contribution in [3.05, 3.63) is 72.8 Å². The molecule has 0 fully saturated rings. The van der Waals surface area contributed by atoms with Crippen molar-refractivity contribution in [2.45, 2.75) is 6.54 Å². The lowest BCUT2D eigenvalue weighted by Crippen LogP contribution is -1.99. The molecule has 6 heteroatoms. The molecule has 1 aromatic carbocycles. The van der Waals surface area contributed by atoms with Gasteiger partial charge in [-0.05, 0) is 30.3 Å². The molecule has 0 radical (unpaired) electrons. The van der Waals surface area contributed by atoms with Crippen molar-refractivity contribution in [2.24, 2.45) is 0 Å². The maximum Gasteiger partial charge on any atom is 0.124 e. The largest absolute Gasteiger partial charge is 0.379 e. The van der Waals surface area contributed by atoms with E-state index < -0.39 is 0 Å². The zero-order valence-corrected chi connectivity index (χ0v) is 12.8. The minimum Gasteiger partial charge on any atom is -0.379 e. The van der Waals surface area contributed by atoms with Crippen LogP contribution in [0.4, 0.5) is 5.69 Å². The SMILES string of the molecule is c1ccc(-c2cc(CNc3cccc(-c4ccon4)c3)[nH]n2)nc1. The minimum absolute atomic E-state index is 0.641. The van der Waals surface area contributed by atoms with Gasteiger partial charge in [0.2, 0.25) is 0 Å². The topological polar surface area (TPSA) is 79.6 Å². The normalized spacial score (nSPS) is 10.7. The summed E-state index contributed by atoms with van der Waals surface area (Å²) in [5.74, 6) is 0. The number of benzene rings is 1. The number of rotatable bonds is 5. The van der Waals surface area contributed by atoms with Crippen LogP contribution in [0, 0.1) is 0 Å². The van der Waals surface area contributed by atoms with E-state index in [2.05, 4.69) is 25.7 Å². The Labute approximate surface area is 138 Å². The van der Waals surface area contributed by atoms with Crippen molar-refractivity contribution >= 4 is 5.69 Å². The van der Waals surface area contributed by atoms with E-state index in [9.17, 15) is 0 Å². The van der Waals surface area contributed by atoms with Crippen LogP contribution in [0.15, 0.2) is 71.6 Å². The Bertz CT molecular complexity index is 916. The van der Waals surface area contributed by atoms with Gasteiger partial charge in [0.1, 0.15) is 17.7 Å². The summed E-state index contributed by atoms with van der Waals surface area (Å²) in [6, 6.07) is 17.6. The van der Waals surface area contributed by atoms with Gasteiger partial charge in [-0.3, -0.25) is 10.1 Å². The van der Waals surface area contributed by atoms with Gasteiger partial charge in [-0.2, -0.15) is 5.10 Å². The molecule has 0 saturated carbocycles. The van der Waals surface area contributed by atoms with Gasteiger partial charge in [-0.15, -0.1) is 0 Å². The summed E-state index contributed by atoms with van der Waals surface area (Å²) < 4.78 is 4.89. The van der Waals surface area contributed by atoms with E-state index in [0.717, 1.165) is 34.0 Å². The number of aromatic amines is 1. The second-order valence-electron chi connectivity index (χ2n) is 5.31. The first kappa shape index (κ1) is 14.2. The van der Waals surface area contributed by atoms with E-state index in [1.54, 1.807) is 12.5 Å². The van der Waals surface area contributed by atoms with Crippen LogP contribution in [0.5, 0.6) is 0 Å². The molecule has 0 aliphatic rings. The Balaban J connectivity index is 1.46. The average molecular weight is 317 g/mol. The smallest absolute Gasteiger partial charge is 0.124 e. The summed E-state index contributed by atoms with van der Waals surface area (Å²) in [7, 11) is 0. The highest BCUT2D eigenvalue weighted by atomic mass is 16.5. The summed E-state index contributed by atoms with van der Waals surface area (Å²) in [6.07, 6.45) is 3.33. The number of aromatic nitrogens is 4. The van der Waals surface area contributed by atoms with Crippen molar-refractivity contribution in [1.82, 2.24) is 20.3 Å². The number of nitrogens with zero attached hydrogens (tertiary/aromatic N) is 3. The molecule has 0 aliphatic carbocycles. The standard InChI is InChI=1S/C18H15N5O/c1-2-8-19-17(6-1)18-11-15(21-22-18)12-20-14-5-3-4-13(10-14)16-7-9-24-23-16/h1-11,20H,12H2,(H,21,22). The van der Waals surface area contributed by atoms with Crippen LogP contribution < -0.4 is 5.32 Å². The molecule has 0 amide bonds. The molecule has 0 saturated heterocycles. The van der Waals surface area contributed by atoms with Gasteiger partial charge < -0.3 is 9.84 Å². The molecule has 0 bridgehead atoms. The molecule has 0 unspecified atom stereocenters. The predicted molar refractivity (Wildman–Crippen MR) is 91.1 cm³/mol. The second-order valence-corrected chi connectivity index (χ2v) is 5.31. The third-order valence-electron chi connectivity index (χ3n) is 3.64. The molecule has 24 heavy (non-hydrogen) atoms. The molecule has 0 atom stereocenters. The van der Waals surface area contributed by atoms with Crippen molar-refractivity contribution in [3.8, 4) is 22.6 Å². The first-order valence-electron chi connectivity index (χ1n) is 7.59. The van der Waals surface area contributed by atoms with Crippen molar-refractivity contribution in [3.63, 3.8) is 0 Å². The number of anilines is 1. The second kappa shape index (κ2) is 6.37. The van der Waals surface area contributed by atoms with Gasteiger partial charge in [0, 0.05) is 23.5 Å². The van der Waals surface area contributed by atoms with E-state index in [-0.39, 0.29) is 0 Å². The van der Waals surface area contributed by atoms with Crippen molar-refractivity contribution in [1.29, 1.82) is 0 Å². The molecular formula is C18H15N5O. The summed E-state index contributed by atoms with van der Waals surface area (Å²) in [5.41, 5.74) is 5.51. The van der Waals surface area contributed by atoms with E-state index in [1.165, 1.54) is 0 Å². The molecule has 3 heterocycles. The predicted octanol–water partition coefficient (Wildman–Crippen LogP) is 3.74. The molecule has 3 aromatic heterocycles. The fourth-order valence-electron chi connectivity index (χ4n) is 2.44. The van der Waals surface area contributed by atoms with Crippen LogP contribution in [0.2, 0.25) is 0 Å². The van der Waals surface area contributed by atoms with Gasteiger partial charge in [-0.25, -0.2) is 0 Å². The lowest BCUT2D eigenvalue weighted by atomic mass is 10.1. The quantitative estimate of drug-likeness (QED) is 0.586. The fraction of sp³-hybridized carbons (Fsp3) is 0.0556. The zero-order chi connectivity index (χ0) is 16.2. The third kappa shape index (κ3) is 3.03. The zero-order valence-electron chi connectivity index (χ0n) is 12.8. The van der Waals surface area contributed by atoms with Gasteiger partial charge in [-0.1, -0.05) is 23.4 Å². The van der Waals surface area contributed by atoms with E-state index in [4.69, 9.17) is 4.52 Å². The molecule has 4 rings (SSSR count). The summed E-state index contributed by atoms with van der Waals surface area (Å²) in [4.78, 5) is 4.30. The highest BCUT2D eigenvalue weighted by molar-refractivity contribution is 5.64. The lowest BCUT2D eigenvalue weighted by molar-refractivity contribution is 0.422. The average Bonchev–Trinajstić information content (AvgIpc) is 3.33. The summed E-state index contributed by atoms with van der Waals surface area (Å²) in [6.45, 7) is 0.641. The maximum absolute atomic E-state index is 4.89. The lowest BCUT2D eigenvalue weighted by Gasteiger charge is -2.06. The third-order valence-corrected chi connectivity index (χ3v) is 3.64.